The molecular formula is C23H32N4O5. The highest BCUT2D eigenvalue weighted by molar-refractivity contribution is 5.80. The third-order valence-electron chi connectivity index (χ3n) is 4.59. The fourth-order valence-electron chi connectivity index (χ4n) is 2.94. The molecule has 2 aromatic carbocycles. The van der Waals surface area contributed by atoms with Crippen LogP contribution < -0.4 is 20.1 Å². The van der Waals surface area contributed by atoms with Gasteiger partial charge in [0.05, 0.1) is 37.3 Å². The Kier molecular flexibility index (Phi) is 10.3. The minimum Gasteiger partial charge on any atom is -0.490 e. The van der Waals surface area contributed by atoms with Crippen molar-refractivity contribution in [3.63, 3.8) is 0 Å². The van der Waals surface area contributed by atoms with E-state index in [0.29, 0.717) is 44.6 Å². The Labute approximate surface area is 188 Å². The minimum atomic E-state index is -0.415. The van der Waals surface area contributed by atoms with Crippen LogP contribution in [0.5, 0.6) is 11.5 Å². The molecule has 0 heterocycles. The Morgan fingerprint density at radius 3 is 2.41 bits per heavy atom. The molecule has 0 fully saturated rings. The molecule has 0 aromatic heterocycles. The summed E-state index contributed by atoms with van der Waals surface area (Å²) in [7, 11) is 1.64. The van der Waals surface area contributed by atoms with E-state index in [0.717, 1.165) is 16.9 Å². The molecular weight excluding hydrogens is 412 g/mol. The number of hydrogen-bond acceptors (Lipinski definition) is 6. The zero-order valence-corrected chi connectivity index (χ0v) is 19.1. The number of hydrogen-bond donors (Lipinski definition) is 2. The van der Waals surface area contributed by atoms with Crippen molar-refractivity contribution < 1.29 is 19.1 Å². The summed E-state index contributed by atoms with van der Waals surface area (Å²) in [5.74, 6) is 2.03. The van der Waals surface area contributed by atoms with Gasteiger partial charge in [0.25, 0.3) is 5.69 Å². The van der Waals surface area contributed by atoms with E-state index in [4.69, 9.17) is 14.2 Å². The molecule has 32 heavy (non-hydrogen) atoms. The summed E-state index contributed by atoms with van der Waals surface area (Å²) < 4.78 is 16.5. The van der Waals surface area contributed by atoms with Crippen molar-refractivity contribution in [2.75, 3.05) is 33.5 Å². The van der Waals surface area contributed by atoms with Crippen LogP contribution in [0.3, 0.4) is 0 Å². The van der Waals surface area contributed by atoms with Gasteiger partial charge in [-0.25, -0.2) is 4.99 Å². The summed E-state index contributed by atoms with van der Waals surface area (Å²) in [6.45, 7) is 8.51. The first-order valence-corrected chi connectivity index (χ1v) is 10.6. The number of rotatable bonds is 12. The second kappa shape index (κ2) is 13.2. The van der Waals surface area contributed by atoms with Crippen LogP contribution in [-0.2, 0) is 11.3 Å². The lowest BCUT2D eigenvalue weighted by Crippen LogP contribution is -2.40. The third-order valence-corrected chi connectivity index (χ3v) is 4.59. The maximum Gasteiger partial charge on any atom is 0.269 e. The van der Waals surface area contributed by atoms with Crippen LogP contribution in [0.15, 0.2) is 47.5 Å². The number of methoxy groups -OCH3 is 1. The SMILES string of the molecule is CCOc1ccc(C(C)NC(=NCc2ccc([N+](=O)[O-])cc2)NCCOC)cc1OCC. The molecule has 0 spiro atoms. The first-order valence-electron chi connectivity index (χ1n) is 10.6. The van der Waals surface area contributed by atoms with Crippen LogP contribution in [0, 0.1) is 10.1 Å². The topological polar surface area (TPSA) is 107 Å². The molecule has 2 N–H and O–H groups in total. The average molecular weight is 445 g/mol. The standard InChI is InChI=1S/C23H32N4O5/c1-5-31-21-12-9-19(15-22(21)32-6-2)17(3)26-23(24-13-14-30-4)25-16-18-7-10-20(11-8-18)27(28)29/h7-12,15,17H,5-6,13-14,16H2,1-4H3,(H2,24,25,26). The second-order valence-corrected chi connectivity index (χ2v) is 6.95. The number of ether oxygens (including phenoxy) is 3. The van der Waals surface area contributed by atoms with E-state index >= 15 is 0 Å². The Morgan fingerprint density at radius 2 is 1.78 bits per heavy atom. The van der Waals surface area contributed by atoms with Crippen LogP contribution in [-0.4, -0.2) is 44.4 Å². The smallest absolute Gasteiger partial charge is 0.269 e. The van der Waals surface area contributed by atoms with Crippen molar-refractivity contribution in [3.8, 4) is 11.5 Å². The van der Waals surface area contributed by atoms with Crippen molar-refractivity contribution in [1.82, 2.24) is 10.6 Å². The zero-order chi connectivity index (χ0) is 23.3. The van der Waals surface area contributed by atoms with Gasteiger partial charge in [-0.05, 0) is 44.0 Å². The molecule has 2 aromatic rings. The Hall–Kier alpha value is -3.33. The molecule has 0 saturated carbocycles. The van der Waals surface area contributed by atoms with Crippen molar-refractivity contribution in [3.05, 3.63) is 63.7 Å². The number of nitrogens with zero attached hydrogens (tertiary/aromatic N) is 2. The van der Waals surface area contributed by atoms with Gasteiger partial charge in [-0.1, -0.05) is 18.2 Å². The molecule has 0 bridgehead atoms. The van der Waals surface area contributed by atoms with Crippen LogP contribution in [0.25, 0.3) is 0 Å². The quantitative estimate of drug-likeness (QED) is 0.168. The number of aliphatic imine (C=N–C) groups is 1. The van der Waals surface area contributed by atoms with Gasteiger partial charge < -0.3 is 24.8 Å². The lowest BCUT2D eigenvalue weighted by molar-refractivity contribution is -0.384. The Morgan fingerprint density at radius 1 is 1.09 bits per heavy atom. The van der Waals surface area contributed by atoms with Crippen LogP contribution in [0.2, 0.25) is 0 Å². The number of non-ortho nitro benzene ring substituents is 1. The Balaban J connectivity index is 2.14. The van der Waals surface area contributed by atoms with Crippen LogP contribution in [0.4, 0.5) is 5.69 Å². The van der Waals surface area contributed by atoms with Gasteiger partial charge in [-0.3, -0.25) is 10.1 Å². The van der Waals surface area contributed by atoms with E-state index in [9.17, 15) is 10.1 Å². The molecule has 0 amide bonds. The average Bonchev–Trinajstić information content (AvgIpc) is 2.79. The molecule has 9 heteroatoms. The fourth-order valence-corrected chi connectivity index (χ4v) is 2.94. The molecule has 0 aliphatic heterocycles. The lowest BCUT2D eigenvalue weighted by Gasteiger charge is -2.20. The normalized spacial score (nSPS) is 12.2. The van der Waals surface area contributed by atoms with E-state index < -0.39 is 4.92 Å². The monoisotopic (exact) mass is 444 g/mol. The fraction of sp³-hybridized carbons (Fsp3) is 0.435. The number of nitrogens with one attached hydrogen (secondary N) is 2. The van der Waals surface area contributed by atoms with Gasteiger partial charge in [0.2, 0.25) is 0 Å². The molecule has 2 rings (SSSR count). The number of nitro groups is 1. The molecule has 174 valence electrons. The van der Waals surface area contributed by atoms with Gasteiger partial charge in [-0.2, -0.15) is 0 Å². The highest BCUT2D eigenvalue weighted by atomic mass is 16.6. The first kappa shape index (κ1) is 24.9. The van der Waals surface area contributed by atoms with E-state index in [1.54, 1.807) is 19.2 Å². The summed E-state index contributed by atoms with van der Waals surface area (Å²) in [6.07, 6.45) is 0. The van der Waals surface area contributed by atoms with Crippen molar-refractivity contribution in [2.24, 2.45) is 4.99 Å². The largest absolute Gasteiger partial charge is 0.490 e. The molecule has 0 aliphatic carbocycles. The second-order valence-electron chi connectivity index (χ2n) is 6.95. The van der Waals surface area contributed by atoms with E-state index in [1.165, 1.54) is 12.1 Å². The molecule has 0 saturated heterocycles. The van der Waals surface area contributed by atoms with Gasteiger partial charge in [0.1, 0.15) is 0 Å². The van der Waals surface area contributed by atoms with Crippen molar-refractivity contribution >= 4 is 11.6 Å². The summed E-state index contributed by atoms with van der Waals surface area (Å²) in [5, 5.41) is 17.5. The maximum absolute atomic E-state index is 10.8. The van der Waals surface area contributed by atoms with E-state index in [2.05, 4.69) is 15.6 Å². The van der Waals surface area contributed by atoms with Gasteiger partial charge in [-0.15, -0.1) is 0 Å². The van der Waals surface area contributed by atoms with Crippen LogP contribution >= 0.6 is 0 Å². The zero-order valence-electron chi connectivity index (χ0n) is 19.1. The maximum atomic E-state index is 10.8. The summed E-state index contributed by atoms with van der Waals surface area (Å²) in [6, 6.07) is 12.2. The summed E-state index contributed by atoms with van der Waals surface area (Å²) in [5.41, 5.74) is 1.95. The highest BCUT2D eigenvalue weighted by Gasteiger charge is 2.13. The van der Waals surface area contributed by atoms with Gasteiger partial charge >= 0.3 is 0 Å². The minimum absolute atomic E-state index is 0.0588. The predicted octanol–water partition coefficient (Wildman–Crippen LogP) is 3.84. The molecule has 9 nitrogen and oxygen atoms in total. The number of nitro benzene ring substituents is 1. The van der Waals surface area contributed by atoms with Gasteiger partial charge in [0.15, 0.2) is 17.5 Å². The lowest BCUT2D eigenvalue weighted by atomic mass is 10.1. The van der Waals surface area contributed by atoms with E-state index in [-0.39, 0.29) is 11.7 Å². The number of guanidine groups is 1. The Bertz CT molecular complexity index is 886. The van der Waals surface area contributed by atoms with Crippen LogP contribution in [0.1, 0.15) is 37.9 Å². The first-order chi connectivity index (χ1) is 15.5. The molecule has 0 aliphatic rings. The van der Waals surface area contributed by atoms with Crippen molar-refractivity contribution in [1.29, 1.82) is 0 Å². The van der Waals surface area contributed by atoms with Gasteiger partial charge in [0, 0.05) is 25.8 Å². The molecule has 1 atom stereocenters. The molecule has 1 unspecified atom stereocenters. The summed E-state index contributed by atoms with van der Waals surface area (Å²) in [4.78, 5) is 15.0. The van der Waals surface area contributed by atoms with E-state index in [1.807, 2.05) is 39.0 Å². The summed E-state index contributed by atoms with van der Waals surface area (Å²) >= 11 is 0. The predicted molar refractivity (Wildman–Crippen MR) is 124 cm³/mol. The van der Waals surface area contributed by atoms with Crippen molar-refractivity contribution in [2.45, 2.75) is 33.4 Å². The number of benzene rings is 2. The third kappa shape index (κ3) is 7.73. The highest BCUT2D eigenvalue weighted by Crippen LogP contribution is 2.30. The molecule has 0 radical (unpaired) electrons.